The standard InChI is InChI=1S/C16H17Cl2N3OS/c17-10-3-4-13(14(18)6-10)16-20-11(9-23-16)7-15(22)21-5-1-2-12(21)8-19/h3-4,6,9,12H,1-2,5,7-8,19H2. The highest BCUT2D eigenvalue weighted by molar-refractivity contribution is 7.13. The molecule has 1 fully saturated rings. The Hall–Kier alpha value is -1.14. The lowest BCUT2D eigenvalue weighted by Crippen LogP contribution is -2.40. The van der Waals surface area contributed by atoms with Crippen LogP contribution in [0.5, 0.6) is 0 Å². The number of carbonyl (C=O) groups is 1. The summed E-state index contributed by atoms with van der Waals surface area (Å²) in [7, 11) is 0. The van der Waals surface area contributed by atoms with Crippen molar-refractivity contribution < 1.29 is 4.79 Å². The van der Waals surface area contributed by atoms with Gasteiger partial charge in [-0.05, 0) is 31.0 Å². The predicted molar refractivity (Wildman–Crippen MR) is 95.1 cm³/mol. The number of thiazole rings is 1. The molecule has 0 radical (unpaired) electrons. The number of carbonyl (C=O) groups excluding carboxylic acids is 1. The number of amides is 1. The van der Waals surface area contributed by atoms with Crippen LogP contribution in [-0.4, -0.2) is 34.9 Å². The average molecular weight is 370 g/mol. The number of benzene rings is 1. The summed E-state index contributed by atoms with van der Waals surface area (Å²) in [5.41, 5.74) is 7.33. The Kier molecular flexibility index (Phi) is 5.21. The van der Waals surface area contributed by atoms with Gasteiger partial charge in [0.25, 0.3) is 0 Å². The fourth-order valence-corrected chi connectivity index (χ4v) is 4.25. The van der Waals surface area contributed by atoms with Crippen molar-refractivity contribution >= 4 is 40.4 Å². The fourth-order valence-electron chi connectivity index (χ4n) is 2.84. The van der Waals surface area contributed by atoms with Gasteiger partial charge in [-0.1, -0.05) is 23.2 Å². The second-order valence-electron chi connectivity index (χ2n) is 5.56. The van der Waals surface area contributed by atoms with Crippen molar-refractivity contribution in [2.24, 2.45) is 5.73 Å². The number of hydrogen-bond donors (Lipinski definition) is 1. The first-order valence-electron chi connectivity index (χ1n) is 7.48. The molecule has 4 nitrogen and oxygen atoms in total. The Morgan fingerprint density at radius 3 is 3.00 bits per heavy atom. The van der Waals surface area contributed by atoms with Crippen molar-refractivity contribution in [3.63, 3.8) is 0 Å². The minimum Gasteiger partial charge on any atom is -0.338 e. The molecule has 0 saturated carbocycles. The third kappa shape index (κ3) is 3.69. The zero-order chi connectivity index (χ0) is 16.4. The second kappa shape index (κ2) is 7.18. The van der Waals surface area contributed by atoms with Gasteiger partial charge in [0, 0.05) is 35.1 Å². The number of halogens is 2. The summed E-state index contributed by atoms with van der Waals surface area (Å²) >= 11 is 13.6. The van der Waals surface area contributed by atoms with Gasteiger partial charge in [0.15, 0.2) is 0 Å². The molecule has 122 valence electrons. The highest BCUT2D eigenvalue weighted by atomic mass is 35.5. The number of likely N-dealkylation sites (tertiary alicyclic amines) is 1. The van der Waals surface area contributed by atoms with Crippen LogP contribution in [0.15, 0.2) is 23.6 Å². The molecule has 2 aromatic rings. The van der Waals surface area contributed by atoms with Gasteiger partial charge in [-0.15, -0.1) is 11.3 Å². The Bertz CT molecular complexity index is 719. The number of rotatable bonds is 4. The van der Waals surface area contributed by atoms with E-state index in [-0.39, 0.29) is 11.9 Å². The van der Waals surface area contributed by atoms with Crippen LogP contribution in [0.25, 0.3) is 10.6 Å². The number of hydrogen-bond acceptors (Lipinski definition) is 4. The van der Waals surface area contributed by atoms with E-state index in [1.165, 1.54) is 11.3 Å². The lowest BCUT2D eigenvalue weighted by Gasteiger charge is -2.23. The third-order valence-corrected chi connectivity index (χ3v) is 5.49. The predicted octanol–water partition coefficient (Wildman–Crippen LogP) is 3.61. The average Bonchev–Trinajstić information content (AvgIpc) is 3.15. The summed E-state index contributed by atoms with van der Waals surface area (Å²) in [4.78, 5) is 18.9. The molecule has 1 aliphatic heterocycles. The van der Waals surface area contributed by atoms with Gasteiger partial charge in [0.1, 0.15) is 5.01 Å². The lowest BCUT2D eigenvalue weighted by atomic mass is 10.2. The van der Waals surface area contributed by atoms with Crippen LogP contribution in [0.2, 0.25) is 10.0 Å². The lowest BCUT2D eigenvalue weighted by molar-refractivity contribution is -0.131. The van der Waals surface area contributed by atoms with Crippen LogP contribution >= 0.6 is 34.5 Å². The molecule has 1 aromatic heterocycles. The summed E-state index contributed by atoms with van der Waals surface area (Å²) in [6.07, 6.45) is 2.32. The number of nitrogens with zero attached hydrogens (tertiary/aromatic N) is 2. The van der Waals surface area contributed by atoms with E-state index < -0.39 is 0 Å². The van der Waals surface area contributed by atoms with Crippen molar-refractivity contribution in [3.8, 4) is 10.6 Å². The van der Waals surface area contributed by atoms with Gasteiger partial charge >= 0.3 is 0 Å². The molecule has 2 N–H and O–H groups in total. The Morgan fingerprint density at radius 1 is 1.43 bits per heavy atom. The molecular weight excluding hydrogens is 353 g/mol. The molecule has 0 bridgehead atoms. The van der Waals surface area contributed by atoms with Crippen molar-refractivity contribution in [3.05, 3.63) is 39.3 Å². The van der Waals surface area contributed by atoms with E-state index in [1.54, 1.807) is 12.1 Å². The van der Waals surface area contributed by atoms with Crippen molar-refractivity contribution in [2.45, 2.75) is 25.3 Å². The van der Waals surface area contributed by atoms with Crippen molar-refractivity contribution in [1.82, 2.24) is 9.88 Å². The zero-order valence-corrected chi connectivity index (χ0v) is 14.8. The topological polar surface area (TPSA) is 59.2 Å². The Labute approximate surface area is 149 Å². The maximum Gasteiger partial charge on any atom is 0.228 e. The molecule has 23 heavy (non-hydrogen) atoms. The van der Waals surface area contributed by atoms with E-state index in [0.717, 1.165) is 35.7 Å². The van der Waals surface area contributed by atoms with Crippen LogP contribution < -0.4 is 5.73 Å². The van der Waals surface area contributed by atoms with Crippen LogP contribution in [0.1, 0.15) is 18.5 Å². The fraction of sp³-hybridized carbons (Fsp3) is 0.375. The quantitative estimate of drug-likeness (QED) is 0.895. The molecule has 1 atom stereocenters. The second-order valence-corrected chi connectivity index (χ2v) is 7.27. The molecule has 3 rings (SSSR count). The molecule has 2 heterocycles. The largest absolute Gasteiger partial charge is 0.338 e. The molecule has 0 aliphatic carbocycles. The van der Waals surface area contributed by atoms with Crippen LogP contribution in [0.3, 0.4) is 0 Å². The van der Waals surface area contributed by atoms with Crippen LogP contribution in [-0.2, 0) is 11.2 Å². The van der Waals surface area contributed by atoms with Crippen LogP contribution in [0, 0.1) is 0 Å². The summed E-state index contributed by atoms with van der Waals surface area (Å²) < 4.78 is 0. The third-order valence-electron chi connectivity index (χ3n) is 4.02. The summed E-state index contributed by atoms with van der Waals surface area (Å²) in [6.45, 7) is 1.31. The minimum atomic E-state index is 0.0944. The van der Waals surface area contributed by atoms with Gasteiger partial charge in [0.2, 0.25) is 5.91 Å². The maximum absolute atomic E-state index is 12.4. The SMILES string of the molecule is NCC1CCCN1C(=O)Cc1csc(-c2ccc(Cl)cc2Cl)n1. The van der Waals surface area contributed by atoms with E-state index in [9.17, 15) is 4.79 Å². The molecule has 1 saturated heterocycles. The van der Waals surface area contributed by atoms with E-state index in [0.29, 0.717) is 23.0 Å². The Balaban J connectivity index is 1.73. The van der Waals surface area contributed by atoms with Gasteiger partial charge in [-0.2, -0.15) is 0 Å². The first kappa shape index (κ1) is 16.7. The summed E-state index contributed by atoms with van der Waals surface area (Å²) in [5.74, 6) is 0.0944. The molecule has 1 unspecified atom stereocenters. The van der Waals surface area contributed by atoms with Crippen molar-refractivity contribution in [2.75, 3.05) is 13.1 Å². The van der Waals surface area contributed by atoms with Crippen LogP contribution in [0.4, 0.5) is 0 Å². The molecule has 7 heteroatoms. The van der Waals surface area contributed by atoms with Gasteiger partial charge in [-0.3, -0.25) is 4.79 Å². The maximum atomic E-state index is 12.4. The molecule has 1 aromatic carbocycles. The molecular formula is C16H17Cl2N3OS. The summed E-state index contributed by atoms with van der Waals surface area (Å²) in [6, 6.07) is 5.50. The minimum absolute atomic E-state index is 0.0944. The highest BCUT2D eigenvalue weighted by Gasteiger charge is 2.27. The van der Waals surface area contributed by atoms with E-state index in [4.69, 9.17) is 28.9 Å². The van der Waals surface area contributed by atoms with E-state index in [2.05, 4.69) is 4.98 Å². The number of nitrogens with two attached hydrogens (primary N) is 1. The summed E-state index contributed by atoms with van der Waals surface area (Å²) in [5, 5.41) is 3.86. The highest BCUT2D eigenvalue weighted by Crippen LogP contribution is 2.32. The van der Waals surface area contributed by atoms with Gasteiger partial charge in [0.05, 0.1) is 17.1 Å². The van der Waals surface area contributed by atoms with Gasteiger partial charge < -0.3 is 10.6 Å². The monoisotopic (exact) mass is 369 g/mol. The first-order chi connectivity index (χ1) is 11.1. The normalized spacial score (nSPS) is 17.7. The van der Waals surface area contributed by atoms with E-state index >= 15 is 0 Å². The number of aromatic nitrogens is 1. The first-order valence-corrected chi connectivity index (χ1v) is 9.11. The zero-order valence-electron chi connectivity index (χ0n) is 12.5. The molecule has 1 amide bonds. The molecule has 1 aliphatic rings. The van der Waals surface area contributed by atoms with Gasteiger partial charge in [-0.25, -0.2) is 4.98 Å². The van der Waals surface area contributed by atoms with E-state index in [1.807, 2.05) is 16.3 Å². The molecule has 0 spiro atoms. The Morgan fingerprint density at radius 2 is 2.26 bits per heavy atom. The van der Waals surface area contributed by atoms with Crippen molar-refractivity contribution in [1.29, 1.82) is 0 Å². The smallest absolute Gasteiger partial charge is 0.228 e.